The highest BCUT2D eigenvalue weighted by Crippen LogP contribution is 2.33. The van der Waals surface area contributed by atoms with Crippen molar-refractivity contribution in [3.05, 3.63) is 0 Å². The van der Waals surface area contributed by atoms with Crippen molar-refractivity contribution < 1.29 is 104 Å². The second kappa shape index (κ2) is 19.2. The number of ether oxygens (including phenoxy) is 7. The maximum absolute atomic E-state index is 12.1. The Morgan fingerprint density at radius 1 is 0.481 bits per heavy atom. The minimum atomic E-state index is -2.07. The number of amides is 3. The van der Waals surface area contributed by atoms with Gasteiger partial charge in [-0.3, -0.25) is 14.4 Å². The Morgan fingerprint density at radius 3 is 1.43 bits per heavy atom. The third-order valence-electron chi connectivity index (χ3n) is 9.39. The number of carbonyl (C=O) groups excluding carboxylic acids is 3. The van der Waals surface area contributed by atoms with Crippen LogP contribution in [0.3, 0.4) is 0 Å². The van der Waals surface area contributed by atoms with Crippen molar-refractivity contribution in [2.24, 2.45) is 0 Å². The summed E-state index contributed by atoms with van der Waals surface area (Å²) in [6.45, 7) is 0.136. The van der Waals surface area contributed by atoms with E-state index in [0.717, 1.165) is 20.8 Å². The van der Waals surface area contributed by atoms with Gasteiger partial charge in [-0.25, -0.2) is 0 Å². The molecular weight excluding hydrogens is 738 g/mol. The Morgan fingerprint density at radius 2 is 0.926 bits per heavy atom. The summed E-state index contributed by atoms with van der Waals surface area (Å²) >= 11 is 0. The van der Waals surface area contributed by atoms with Crippen LogP contribution >= 0.6 is 0 Å². The van der Waals surface area contributed by atoms with E-state index in [-0.39, 0.29) is 0 Å². The van der Waals surface area contributed by atoms with E-state index < -0.39 is 167 Å². The highest BCUT2D eigenvalue weighted by Gasteiger charge is 2.54. The van der Waals surface area contributed by atoms with Crippen LogP contribution < -0.4 is 16.0 Å². The second-order valence-corrected chi connectivity index (χ2v) is 13.4. The van der Waals surface area contributed by atoms with E-state index in [1.807, 2.05) is 0 Å². The van der Waals surface area contributed by atoms with Gasteiger partial charge in [0.25, 0.3) is 0 Å². The zero-order valence-electron chi connectivity index (χ0n) is 29.4. The lowest BCUT2D eigenvalue weighted by Gasteiger charge is -2.49. The van der Waals surface area contributed by atoms with Crippen LogP contribution in [-0.2, 0) is 47.5 Å². The Balaban J connectivity index is 1.52. The summed E-state index contributed by atoms with van der Waals surface area (Å²) in [5.41, 5.74) is 0. The molecule has 4 heterocycles. The smallest absolute Gasteiger partial charge is 0.217 e. The molecule has 24 heteroatoms. The van der Waals surface area contributed by atoms with Crippen LogP contribution in [0.4, 0.5) is 0 Å². The average molecular weight is 790 g/mol. The van der Waals surface area contributed by atoms with Gasteiger partial charge in [-0.2, -0.15) is 0 Å². The number of nitrogens with one attached hydrogen (secondary N) is 3. The SMILES string of the molecule is CC(=O)N[C@@H]1[C@@H](O[C@@H]2O[C@H](CO)[C@H](O[C@@H]3O[C@H](CO)[C@@H](O)[C@H](O)[C@H]3NC(C)=O)[C@H](O)[C@H]2O)[C@@H](O)[C@@H](CO[C@@H]2O[C@H](CO)[C@@H](O)[C@H](O)[C@H]2NC(C)=O)O[C@@H]1O. The van der Waals surface area contributed by atoms with Crippen LogP contribution in [0.1, 0.15) is 20.8 Å². The summed E-state index contributed by atoms with van der Waals surface area (Å²) in [6.07, 6.45) is -29.0. The van der Waals surface area contributed by atoms with E-state index in [0.29, 0.717) is 0 Å². The molecule has 0 aromatic heterocycles. The Labute approximate surface area is 307 Å². The highest BCUT2D eigenvalue weighted by molar-refractivity contribution is 5.74. The van der Waals surface area contributed by atoms with Gasteiger partial charge in [-0.15, -0.1) is 0 Å². The number of aliphatic hydroxyl groups is 11. The monoisotopic (exact) mass is 789 g/mol. The molecule has 0 spiro atoms. The molecule has 3 amide bonds. The van der Waals surface area contributed by atoms with Crippen LogP contribution in [-0.4, -0.2) is 223 Å². The van der Waals surface area contributed by atoms with Gasteiger partial charge in [0.2, 0.25) is 17.7 Å². The molecule has 0 aliphatic carbocycles. The van der Waals surface area contributed by atoms with Gasteiger partial charge in [0, 0.05) is 20.8 Å². The number of aliphatic hydroxyl groups excluding tert-OH is 11. The van der Waals surface area contributed by atoms with Gasteiger partial charge >= 0.3 is 0 Å². The lowest BCUT2D eigenvalue weighted by molar-refractivity contribution is -0.366. The van der Waals surface area contributed by atoms with Crippen molar-refractivity contribution in [1.29, 1.82) is 0 Å². The molecule has 54 heavy (non-hydrogen) atoms. The van der Waals surface area contributed by atoms with E-state index in [9.17, 15) is 70.6 Å². The van der Waals surface area contributed by atoms with Crippen LogP contribution in [0.5, 0.6) is 0 Å². The fourth-order valence-corrected chi connectivity index (χ4v) is 6.65. The largest absolute Gasteiger partial charge is 0.394 e. The van der Waals surface area contributed by atoms with Gasteiger partial charge in [0.15, 0.2) is 25.2 Å². The van der Waals surface area contributed by atoms with E-state index in [1.54, 1.807) is 0 Å². The predicted octanol–water partition coefficient (Wildman–Crippen LogP) is -9.32. The first kappa shape index (κ1) is 44.4. The van der Waals surface area contributed by atoms with Crippen molar-refractivity contribution in [2.75, 3.05) is 26.4 Å². The molecule has 20 atom stereocenters. The molecule has 0 unspecified atom stereocenters. The first-order chi connectivity index (χ1) is 25.4. The summed E-state index contributed by atoms with van der Waals surface area (Å²) < 4.78 is 39.4. The normalized spacial score (nSPS) is 45.7. The molecule has 312 valence electrons. The molecule has 0 aromatic carbocycles. The summed E-state index contributed by atoms with van der Waals surface area (Å²) in [5, 5.41) is 123. The van der Waals surface area contributed by atoms with Crippen LogP contribution in [0, 0.1) is 0 Å². The molecule has 0 radical (unpaired) electrons. The van der Waals surface area contributed by atoms with Crippen molar-refractivity contribution >= 4 is 17.7 Å². The number of carbonyl (C=O) groups is 3. The third kappa shape index (κ3) is 9.97. The zero-order valence-corrected chi connectivity index (χ0v) is 29.4. The first-order valence-electron chi connectivity index (χ1n) is 17.1. The van der Waals surface area contributed by atoms with Gasteiger partial charge in [0.1, 0.15) is 97.5 Å². The van der Waals surface area contributed by atoms with E-state index in [4.69, 9.17) is 33.2 Å². The summed E-state index contributed by atoms with van der Waals surface area (Å²) in [6, 6.07) is -4.41. The molecule has 4 aliphatic rings. The van der Waals surface area contributed by atoms with Crippen molar-refractivity contribution in [1.82, 2.24) is 16.0 Å². The first-order valence-corrected chi connectivity index (χ1v) is 17.1. The maximum atomic E-state index is 12.1. The molecule has 4 fully saturated rings. The van der Waals surface area contributed by atoms with E-state index in [2.05, 4.69) is 16.0 Å². The standard InChI is InChI=1S/C30H51N3O21/c1-8(37)31-15-21(43)18(40)11(4-34)50-28(15)48-7-14-20(42)26(17(27(47)49-14)33-10(3)39)54-30-24(46)23(45)25(13(6-36)52-30)53-29-16(32-9(2)38)22(44)19(41)12(5-35)51-29/h11-30,34-36,40-47H,4-7H2,1-3H3,(H,31,37)(H,32,38)(H,33,39)/t11-,12-,13-,14-,15-,16-,17-,18-,19-,20+,21-,22-,23-,24-,25+,26-,27+,28-,29+,30+/m1/s1. The van der Waals surface area contributed by atoms with E-state index in [1.165, 1.54) is 0 Å². The van der Waals surface area contributed by atoms with Crippen LogP contribution in [0.25, 0.3) is 0 Å². The summed E-state index contributed by atoms with van der Waals surface area (Å²) in [4.78, 5) is 35.7. The Bertz CT molecular complexity index is 1250. The van der Waals surface area contributed by atoms with Gasteiger partial charge in [-0.1, -0.05) is 0 Å². The molecule has 0 aromatic rings. The topological polar surface area (TPSA) is 374 Å². The maximum Gasteiger partial charge on any atom is 0.217 e. The van der Waals surface area contributed by atoms with Crippen LogP contribution in [0.2, 0.25) is 0 Å². The molecule has 0 bridgehead atoms. The predicted molar refractivity (Wildman–Crippen MR) is 169 cm³/mol. The highest BCUT2D eigenvalue weighted by atomic mass is 16.7. The van der Waals surface area contributed by atoms with Crippen molar-refractivity contribution in [2.45, 2.75) is 143 Å². The molecule has 24 nitrogen and oxygen atoms in total. The number of rotatable bonds is 13. The summed E-state index contributed by atoms with van der Waals surface area (Å²) in [7, 11) is 0. The quantitative estimate of drug-likeness (QED) is 0.0823. The average Bonchev–Trinajstić information content (AvgIpc) is 3.11. The Kier molecular flexibility index (Phi) is 15.8. The molecule has 4 saturated heterocycles. The van der Waals surface area contributed by atoms with Crippen molar-refractivity contribution in [3.8, 4) is 0 Å². The third-order valence-corrected chi connectivity index (χ3v) is 9.39. The minimum Gasteiger partial charge on any atom is -0.394 e. The number of hydrogen-bond donors (Lipinski definition) is 14. The fourth-order valence-electron chi connectivity index (χ4n) is 6.65. The van der Waals surface area contributed by atoms with Crippen molar-refractivity contribution in [3.63, 3.8) is 0 Å². The minimum absolute atomic E-state index is 0.645. The lowest BCUT2D eigenvalue weighted by Crippen LogP contribution is -2.69. The van der Waals surface area contributed by atoms with E-state index >= 15 is 0 Å². The number of hydrogen-bond acceptors (Lipinski definition) is 21. The lowest BCUT2D eigenvalue weighted by atomic mass is 9.94. The molecular formula is C30H51N3O21. The molecule has 0 saturated carbocycles. The fraction of sp³-hybridized carbons (Fsp3) is 0.900. The second-order valence-electron chi connectivity index (χ2n) is 13.4. The van der Waals surface area contributed by atoms with Gasteiger partial charge in [0.05, 0.1) is 26.4 Å². The van der Waals surface area contributed by atoms with Gasteiger partial charge in [-0.05, 0) is 0 Å². The molecule has 4 aliphatic heterocycles. The van der Waals surface area contributed by atoms with Crippen LogP contribution in [0.15, 0.2) is 0 Å². The van der Waals surface area contributed by atoms with Gasteiger partial charge < -0.3 is 105 Å². The zero-order chi connectivity index (χ0) is 40.2. The molecule has 4 rings (SSSR count). The Hall–Kier alpha value is -2.31. The summed E-state index contributed by atoms with van der Waals surface area (Å²) in [5.74, 6) is -2.05. The molecule has 14 N–H and O–H groups in total.